The SMILES string of the molecule is CC1NC(=O)C(C(C)O[Si](C)(C)C(C)(C)C)NC(=O)CC=Cc2cc3cc(ccc3cn2)C(C)OC(=O)C2CCCN(N2)C1=O. The highest BCUT2D eigenvalue weighted by Crippen LogP contribution is 2.37. The summed E-state index contributed by atoms with van der Waals surface area (Å²) in [6, 6.07) is 5.00. The van der Waals surface area contributed by atoms with Gasteiger partial charge < -0.3 is 19.8 Å². The van der Waals surface area contributed by atoms with Crippen molar-refractivity contribution in [2.24, 2.45) is 0 Å². The molecule has 5 unspecified atom stereocenters. The fourth-order valence-electron chi connectivity index (χ4n) is 5.18. The van der Waals surface area contributed by atoms with E-state index in [9.17, 15) is 19.2 Å². The monoisotopic (exact) mass is 637 g/mol. The van der Waals surface area contributed by atoms with Crippen molar-refractivity contribution in [2.45, 2.75) is 109 Å². The molecule has 45 heavy (non-hydrogen) atoms. The van der Waals surface area contributed by atoms with Crippen molar-refractivity contribution in [1.82, 2.24) is 26.1 Å². The largest absolute Gasteiger partial charge is 0.457 e. The lowest BCUT2D eigenvalue weighted by Crippen LogP contribution is -2.62. The number of hydrazine groups is 1. The van der Waals surface area contributed by atoms with Gasteiger partial charge in [-0.3, -0.25) is 29.2 Å². The van der Waals surface area contributed by atoms with Crippen LogP contribution in [0, 0.1) is 0 Å². The molecule has 244 valence electrons. The minimum atomic E-state index is -2.31. The van der Waals surface area contributed by atoms with E-state index in [0.29, 0.717) is 25.1 Å². The number of ether oxygens (including phenoxy) is 1. The Kier molecular flexibility index (Phi) is 10.5. The molecule has 0 saturated carbocycles. The van der Waals surface area contributed by atoms with Crippen LogP contribution in [0.3, 0.4) is 0 Å². The Balaban J connectivity index is 1.66. The van der Waals surface area contributed by atoms with E-state index in [4.69, 9.17) is 9.16 Å². The number of carbonyl (C=O) groups excluding carboxylic acids is 4. The molecule has 2 aliphatic rings. The number of rotatable bonds is 3. The third-order valence-electron chi connectivity index (χ3n) is 8.94. The molecule has 0 spiro atoms. The first-order valence-corrected chi connectivity index (χ1v) is 18.6. The second kappa shape index (κ2) is 13.8. The van der Waals surface area contributed by atoms with Gasteiger partial charge in [-0.2, -0.15) is 0 Å². The van der Waals surface area contributed by atoms with E-state index >= 15 is 0 Å². The van der Waals surface area contributed by atoms with E-state index in [2.05, 4.69) is 54.9 Å². The predicted octanol–water partition coefficient (Wildman–Crippen LogP) is 4.15. The quantitative estimate of drug-likeness (QED) is 0.337. The van der Waals surface area contributed by atoms with Gasteiger partial charge in [-0.1, -0.05) is 39.0 Å². The van der Waals surface area contributed by atoms with E-state index in [1.807, 2.05) is 31.2 Å². The number of fused-ring (bicyclic) bond motifs is 4. The molecular formula is C33H47N5O6Si. The van der Waals surface area contributed by atoms with Crippen LogP contribution in [0.2, 0.25) is 18.1 Å². The maximum Gasteiger partial charge on any atom is 0.325 e. The minimum absolute atomic E-state index is 0.0108. The maximum absolute atomic E-state index is 13.7. The van der Waals surface area contributed by atoms with Gasteiger partial charge in [-0.05, 0) is 80.9 Å². The average molecular weight is 638 g/mol. The number of nitrogens with one attached hydrogen (secondary N) is 3. The van der Waals surface area contributed by atoms with Crippen LogP contribution in [0.25, 0.3) is 16.8 Å². The molecule has 2 aliphatic heterocycles. The Morgan fingerprint density at radius 1 is 1.07 bits per heavy atom. The summed E-state index contributed by atoms with van der Waals surface area (Å²) in [6.07, 6.45) is 5.12. The number of benzene rings is 1. The minimum Gasteiger partial charge on any atom is -0.457 e. The van der Waals surface area contributed by atoms with Gasteiger partial charge in [0.05, 0.1) is 11.8 Å². The molecule has 5 atom stereocenters. The molecule has 2 aromatic rings. The Labute approximate surface area is 266 Å². The molecule has 1 aromatic heterocycles. The summed E-state index contributed by atoms with van der Waals surface area (Å²) in [5.74, 6) is -1.75. The van der Waals surface area contributed by atoms with E-state index in [1.165, 1.54) is 5.01 Å². The van der Waals surface area contributed by atoms with Crippen LogP contribution in [0.1, 0.15) is 78.2 Å². The average Bonchev–Trinajstić information content (AvgIpc) is 2.97. The lowest BCUT2D eigenvalue weighted by molar-refractivity contribution is -0.157. The van der Waals surface area contributed by atoms with Crippen LogP contribution in [-0.2, 0) is 28.3 Å². The molecular weight excluding hydrogens is 590 g/mol. The summed E-state index contributed by atoms with van der Waals surface area (Å²) in [5.41, 5.74) is 4.48. The normalized spacial score (nSPS) is 25.0. The van der Waals surface area contributed by atoms with Crippen LogP contribution in [0.5, 0.6) is 0 Å². The summed E-state index contributed by atoms with van der Waals surface area (Å²) < 4.78 is 12.3. The number of amides is 3. The van der Waals surface area contributed by atoms with Gasteiger partial charge in [0.25, 0.3) is 5.91 Å². The fraction of sp³-hybridized carbons (Fsp3) is 0.545. The fourth-order valence-corrected chi connectivity index (χ4v) is 6.60. The number of hydrogen-bond donors (Lipinski definition) is 3. The maximum atomic E-state index is 13.7. The summed E-state index contributed by atoms with van der Waals surface area (Å²) in [4.78, 5) is 57.9. The zero-order chi connectivity index (χ0) is 33.1. The molecule has 0 aliphatic carbocycles. The lowest BCUT2D eigenvalue weighted by atomic mass is 10.0. The van der Waals surface area contributed by atoms with Crippen molar-refractivity contribution in [1.29, 1.82) is 0 Å². The Bertz CT molecular complexity index is 1470. The van der Waals surface area contributed by atoms with Crippen LogP contribution in [0.15, 0.2) is 36.5 Å². The summed E-state index contributed by atoms with van der Waals surface area (Å²) >= 11 is 0. The van der Waals surface area contributed by atoms with E-state index in [0.717, 1.165) is 16.3 Å². The highest BCUT2D eigenvalue weighted by molar-refractivity contribution is 6.74. The van der Waals surface area contributed by atoms with Crippen molar-refractivity contribution in [3.63, 3.8) is 0 Å². The Hall–Kier alpha value is -3.61. The van der Waals surface area contributed by atoms with Gasteiger partial charge in [0.1, 0.15) is 24.2 Å². The van der Waals surface area contributed by atoms with E-state index in [-0.39, 0.29) is 17.4 Å². The van der Waals surface area contributed by atoms with Gasteiger partial charge in [0.15, 0.2) is 8.32 Å². The summed E-state index contributed by atoms with van der Waals surface area (Å²) in [6.45, 7) is 16.0. The summed E-state index contributed by atoms with van der Waals surface area (Å²) in [5, 5.41) is 8.70. The molecule has 3 amide bonds. The first-order chi connectivity index (χ1) is 21.1. The molecule has 1 saturated heterocycles. The van der Waals surface area contributed by atoms with Crippen molar-refractivity contribution < 1.29 is 28.3 Å². The van der Waals surface area contributed by atoms with Crippen molar-refractivity contribution in [3.8, 4) is 0 Å². The first kappa shape index (κ1) is 34.3. The lowest BCUT2D eigenvalue weighted by Gasteiger charge is -2.40. The van der Waals surface area contributed by atoms with Crippen molar-refractivity contribution in [3.05, 3.63) is 47.8 Å². The zero-order valence-electron chi connectivity index (χ0n) is 27.6. The molecule has 5 bridgehead atoms. The van der Waals surface area contributed by atoms with Crippen LogP contribution in [0.4, 0.5) is 0 Å². The Morgan fingerprint density at radius 2 is 1.80 bits per heavy atom. The molecule has 3 N–H and O–H groups in total. The van der Waals surface area contributed by atoms with Crippen molar-refractivity contribution in [2.75, 3.05) is 6.54 Å². The number of cyclic esters (lactones) is 1. The highest BCUT2D eigenvalue weighted by Gasteiger charge is 2.42. The van der Waals surface area contributed by atoms with Crippen LogP contribution in [-0.4, -0.2) is 72.8 Å². The molecule has 1 aromatic carbocycles. The number of esters is 1. The number of hydrogen-bond acceptors (Lipinski definition) is 8. The number of carbonyl (C=O) groups is 4. The number of nitrogens with zero attached hydrogens (tertiary/aromatic N) is 2. The first-order valence-electron chi connectivity index (χ1n) is 15.7. The molecule has 1 fully saturated rings. The second-order valence-electron chi connectivity index (χ2n) is 13.6. The van der Waals surface area contributed by atoms with Gasteiger partial charge in [0.2, 0.25) is 11.8 Å². The number of aromatic nitrogens is 1. The van der Waals surface area contributed by atoms with Gasteiger partial charge in [-0.15, -0.1) is 0 Å². The van der Waals surface area contributed by atoms with Crippen LogP contribution < -0.4 is 16.1 Å². The summed E-state index contributed by atoms with van der Waals surface area (Å²) in [7, 11) is -2.31. The molecule has 0 radical (unpaired) electrons. The third kappa shape index (κ3) is 8.36. The molecule has 11 nitrogen and oxygen atoms in total. The van der Waals surface area contributed by atoms with Crippen molar-refractivity contribution >= 4 is 48.9 Å². The van der Waals surface area contributed by atoms with Gasteiger partial charge >= 0.3 is 5.97 Å². The standard InChI is InChI=1S/C33H47N5O6Si/c1-20-31(41)38-16-10-12-27(37-38)32(42)43-21(2)23-14-15-24-19-34-26(18-25(24)17-23)11-9-13-28(39)36-29(30(40)35-20)22(3)44-45(7,8)33(4,5)6/h9,11,14-15,17-22,27,29,37H,10,12-13,16H2,1-8H3,(H,35,40)(H,36,39). The second-order valence-corrected chi connectivity index (χ2v) is 18.3. The third-order valence-corrected chi connectivity index (χ3v) is 13.5. The topological polar surface area (TPSA) is 139 Å². The van der Waals surface area contributed by atoms with Crippen LogP contribution >= 0.6 is 0 Å². The smallest absolute Gasteiger partial charge is 0.325 e. The Morgan fingerprint density at radius 3 is 2.51 bits per heavy atom. The molecule has 3 heterocycles. The van der Waals surface area contributed by atoms with Gasteiger partial charge in [0, 0.05) is 24.5 Å². The van der Waals surface area contributed by atoms with E-state index in [1.54, 1.807) is 32.2 Å². The van der Waals surface area contributed by atoms with E-state index < -0.39 is 56.4 Å². The highest BCUT2D eigenvalue weighted by atomic mass is 28.4. The predicted molar refractivity (Wildman–Crippen MR) is 175 cm³/mol. The molecule has 4 rings (SSSR count). The van der Waals surface area contributed by atoms with Gasteiger partial charge in [-0.25, -0.2) is 5.43 Å². The molecule has 12 heteroatoms. The zero-order valence-corrected chi connectivity index (χ0v) is 28.6. The number of pyridine rings is 1.